The van der Waals surface area contributed by atoms with Crippen molar-refractivity contribution in [2.24, 2.45) is 0 Å². The Balaban J connectivity index is 2.42. The molecular weight excluding hydrogens is 359 g/mol. The largest absolute Gasteiger partial charge is 0.480 e. The van der Waals surface area contributed by atoms with E-state index in [1.807, 2.05) is 0 Å². The maximum absolute atomic E-state index is 12.6. The average molecular weight is 373 g/mol. The van der Waals surface area contributed by atoms with Gasteiger partial charge in [0.1, 0.15) is 6.04 Å². The number of nitrogens with zero attached hydrogens (tertiary/aromatic N) is 1. The van der Waals surface area contributed by atoms with Crippen molar-refractivity contribution in [3.8, 4) is 0 Å². The Kier molecular flexibility index (Phi) is 5.19. The van der Waals surface area contributed by atoms with Gasteiger partial charge in [-0.05, 0) is 29.8 Å². The van der Waals surface area contributed by atoms with Gasteiger partial charge in [0.25, 0.3) is 0 Å². The molecule has 5 nitrogen and oxygen atoms in total. The van der Waals surface area contributed by atoms with E-state index in [1.165, 1.54) is 12.1 Å². The maximum atomic E-state index is 12.6. The molecule has 1 N–H and O–H groups in total. The first-order chi connectivity index (χ1) is 11.5. The number of hydrogen-bond donors (Lipinski definition) is 1. The van der Waals surface area contributed by atoms with Gasteiger partial charge in [-0.3, -0.25) is 4.79 Å². The van der Waals surface area contributed by atoms with Crippen LogP contribution < -0.4 is 0 Å². The lowest BCUT2D eigenvalue weighted by atomic mass is 10.1. The van der Waals surface area contributed by atoms with Crippen molar-refractivity contribution in [3.05, 3.63) is 65.7 Å². The molecule has 0 fully saturated rings. The minimum atomic E-state index is -4.60. The fourth-order valence-corrected chi connectivity index (χ4v) is 3.57. The molecule has 1 unspecified atom stereocenters. The summed E-state index contributed by atoms with van der Waals surface area (Å²) in [7, 11) is -3.24. The number of hydrogen-bond acceptors (Lipinski definition) is 3. The van der Waals surface area contributed by atoms with Crippen LogP contribution >= 0.6 is 0 Å². The predicted octanol–water partition coefficient (Wildman–Crippen LogP) is 3.15. The van der Waals surface area contributed by atoms with Crippen LogP contribution in [0.4, 0.5) is 13.2 Å². The Morgan fingerprint density at radius 2 is 1.56 bits per heavy atom. The first-order valence-electron chi connectivity index (χ1n) is 6.98. The summed E-state index contributed by atoms with van der Waals surface area (Å²) in [5, 5.41) is 9.40. The highest BCUT2D eigenvalue weighted by atomic mass is 32.2. The quantitative estimate of drug-likeness (QED) is 0.874. The van der Waals surface area contributed by atoms with Gasteiger partial charge in [-0.25, -0.2) is 8.42 Å². The molecule has 0 aliphatic carbocycles. The molecule has 0 radical (unpaired) electrons. The fraction of sp³-hybridized carbons (Fsp3) is 0.188. The van der Waals surface area contributed by atoms with Crippen molar-refractivity contribution in [3.63, 3.8) is 0 Å². The number of carboxylic acid groups (broad SMARTS) is 1. The Labute approximate surface area is 142 Å². The third-order valence-corrected chi connectivity index (χ3v) is 5.41. The lowest BCUT2D eigenvalue weighted by Gasteiger charge is -2.24. The van der Waals surface area contributed by atoms with Gasteiger partial charge < -0.3 is 5.11 Å². The second kappa shape index (κ2) is 6.85. The first kappa shape index (κ1) is 18.9. The molecule has 2 rings (SSSR count). The molecule has 0 saturated heterocycles. The van der Waals surface area contributed by atoms with Crippen molar-refractivity contribution in [1.82, 2.24) is 4.31 Å². The van der Waals surface area contributed by atoms with Crippen molar-refractivity contribution in [2.75, 3.05) is 7.05 Å². The Hall–Kier alpha value is -2.39. The molecule has 2 aromatic rings. The number of benzene rings is 2. The topological polar surface area (TPSA) is 74.7 Å². The van der Waals surface area contributed by atoms with Crippen LogP contribution in [0.25, 0.3) is 0 Å². The van der Waals surface area contributed by atoms with Crippen molar-refractivity contribution in [1.29, 1.82) is 0 Å². The van der Waals surface area contributed by atoms with E-state index in [-0.39, 0.29) is 5.56 Å². The molecule has 25 heavy (non-hydrogen) atoms. The smallest absolute Gasteiger partial charge is 0.416 e. The second-order valence-electron chi connectivity index (χ2n) is 5.19. The van der Waals surface area contributed by atoms with Crippen LogP contribution in [0.2, 0.25) is 0 Å². The van der Waals surface area contributed by atoms with Gasteiger partial charge in [0.15, 0.2) is 0 Å². The zero-order valence-corrected chi connectivity index (χ0v) is 13.8. The van der Waals surface area contributed by atoms with Crippen LogP contribution in [-0.2, 0) is 21.0 Å². The molecule has 9 heteroatoms. The number of halogens is 3. The summed E-state index contributed by atoms with van der Waals surface area (Å²) < 4.78 is 63.6. The van der Waals surface area contributed by atoms with Gasteiger partial charge in [-0.2, -0.15) is 17.5 Å². The van der Waals surface area contributed by atoms with E-state index in [0.717, 1.165) is 19.2 Å². The van der Waals surface area contributed by atoms with Crippen molar-refractivity contribution < 1.29 is 31.5 Å². The normalized spacial score (nSPS) is 13.6. The zero-order chi connectivity index (χ0) is 18.8. The van der Waals surface area contributed by atoms with E-state index in [0.29, 0.717) is 16.4 Å². The molecule has 0 bridgehead atoms. The molecule has 2 aromatic carbocycles. The highest BCUT2D eigenvalue weighted by Crippen LogP contribution is 2.31. The SMILES string of the molecule is CN(C(C(=O)O)c1ccccc1)S(=O)(=O)c1ccc(C(F)(F)F)cc1. The number of likely N-dealkylation sites (N-methyl/N-ethyl adjacent to an activating group) is 1. The van der Waals surface area contributed by atoms with Crippen LogP contribution in [0, 0.1) is 0 Å². The molecule has 0 spiro atoms. The summed E-state index contributed by atoms with van der Waals surface area (Å²) in [4.78, 5) is 11.1. The molecule has 134 valence electrons. The van der Waals surface area contributed by atoms with Crippen LogP contribution in [0.5, 0.6) is 0 Å². The van der Waals surface area contributed by atoms with Crippen molar-refractivity contribution in [2.45, 2.75) is 17.1 Å². The minimum absolute atomic E-state index is 0.230. The van der Waals surface area contributed by atoms with Gasteiger partial charge >= 0.3 is 12.1 Å². The lowest BCUT2D eigenvalue weighted by molar-refractivity contribution is -0.141. The van der Waals surface area contributed by atoms with E-state index in [1.54, 1.807) is 18.2 Å². The van der Waals surface area contributed by atoms with Gasteiger partial charge in [-0.1, -0.05) is 30.3 Å². The maximum Gasteiger partial charge on any atom is 0.416 e. The highest BCUT2D eigenvalue weighted by molar-refractivity contribution is 7.89. The Bertz CT molecular complexity index is 849. The van der Waals surface area contributed by atoms with E-state index in [4.69, 9.17) is 0 Å². The molecule has 1 atom stereocenters. The van der Waals surface area contributed by atoms with Gasteiger partial charge in [0.2, 0.25) is 10.0 Å². The third-order valence-electron chi connectivity index (χ3n) is 3.57. The molecule has 0 aliphatic rings. The number of alkyl halides is 3. The van der Waals surface area contributed by atoms with Gasteiger partial charge in [0, 0.05) is 7.05 Å². The van der Waals surface area contributed by atoms with Crippen molar-refractivity contribution >= 4 is 16.0 Å². The number of carbonyl (C=O) groups is 1. The highest BCUT2D eigenvalue weighted by Gasteiger charge is 2.35. The van der Waals surface area contributed by atoms with Crippen LogP contribution in [-0.4, -0.2) is 30.8 Å². The summed E-state index contributed by atoms with van der Waals surface area (Å²) in [6.45, 7) is 0. The summed E-state index contributed by atoms with van der Waals surface area (Å²) in [5.41, 5.74) is -0.764. The van der Waals surface area contributed by atoms with Gasteiger partial charge in [-0.15, -0.1) is 0 Å². The van der Waals surface area contributed by atoms with E-state index < -0.39 is 38.7 Å². The molecule has 0 aliphatic heterocycles. The standard InChI is InChI=1S/C16H14F3NO4S/c1-20(14(15(21)22)11-5-3-2-4-6-11)25(23,24)13-9-7-12(8-10-13)16(17,18)19/h2-10,14H,1H3,(H,21,22). The third kappa shape index (κ3) is 3.99. The number of rotatable bonds is 5. The molecule has 0 heterocycles. The molecule has 0 aromatic heterocycles. The Morgan fingerprint density at radius 1 is 1.04 bits per heavy atom. The monoisotopic (exact) mass is 373 g/mol. The number of aliphatic carboxylic acids is 1. The molecule has 0 amide bonds. The van der Waals surface area contributed by atoms with E-state index >= 15 is 0 Å². The summed E-state index contributed by atoms with van der Waals surface area (Å²) in [5.74, 6) is -1.40. The molecule has 0 saturated carbocycles. The minimum Gasteiger partial charge on any atom is -0.480 e. The fourth-order valence-electron chi connectivity index (χ4n) is 2.26. The summed E-state index contributed by atoms with van der Waals surface area (Å²) in [6.07, 6.45) is -4.60. The number of carboxylic acids is 1. The van der Waals surface area contributed by atoms with Crippen LogP contribution in [0.15, 0.2) is 59.5 Å². The summed E-state index contributed by atoms with van der Waals surface area (Å²) in [6, 6.07) is 9.05. The second-order valence-corrected chi connectivity index (χ2v) is 7.19. The Morgan fingerprint density at radius 3 is 2.00 bits per heavy atom. The number of sulfonamides is 1. The first-order valence-corrected chi connectivity index (χ1v) is 8.42. The molecular formula is C16H14F3NO4S. The van der Waals surface area contributed by atoms with Crippen LogP contribution in [0.1, 0.15) is 17.2 Å². The predicted molar refractivity (Wildman–Crippen MR) is 83.2 cm³/mol. The lowest BCUT2D eigenvalue weighted by Crippen LogP contribution is -2.35. The van der Waals surface area contributed by atoms with E-state index in [9.17, 15) is 31.5 Å². The van der Waals surface area contributed by atoms with E-state index in [2.05, 4.69) is 0 Å². The average Bonchev–Trinajstić information content (AvgIpc) is 2.55. The van der Waals surface area contributed by atoms with Crippen LogP contribution in [0.3, 0.4) is 0 Å². The summed E-state index contributed by atoms with van der Waals surface area (Å²) >= 11 is 0. The zero-order valence-electron chi connectivity index (χ0n) is 12.9. The van der Waals surface area contributed by atoms with Gasteiger partial charge in [0.05, 0.1) is 10.5 Å².